The Morgan fingerprint density at radius 3 is 2.90 bits per heavy atom. The van der Waals surface area contributed by atoms with Gasteiger partial charge in [0, 0.05) is 11.1 Å². The molecule has 1 aliphatic carbocycles. The van der Waals surface area contributed by atoms with E-state index >= 15 is 0 Å². The van der Waals surface area contributed by atoms with Gasteiger partial charge in [-0.25, -0.2) is 9.78 Å². The molecular weight excluding hydrogens is 288 g/mol. The molecule has 0 aromatic carbocycles. The van der Waals surface area contributed by atoms with E-state index in [0.717, 1.165) is 23.5 Å². The molecule has 0 unspecified atom stereocenters. The first-order chi connectivity index (χ1) is 10.1. The number of aromatic carboxylic acids is 1. The average molecular weight is 304 g/mol. The van der Waals surface area contributed by atoms with Crippen LogP contribution in [0.4, 0.5) is 0 Å². The van der Waals surface area contributed by atoms with E-state index in [-0.39, 0.29) is 5.56 Å². The van der Waals surface area contributed by atoms with Crippen molar-refractivity contribution in [2.75, 3.05) is 0 Å². The summed E-state index contributed by atoms with van der Waals surface area (Å²) in [5.74, 6) is -1.18. The van der Waals surface area contributed by atoms with E-state index in [0.29, 0.717) is 12.1 Å². The first-order valence-electron chi connectivity index (χ1n) is 6.97. The fourth-order valence-corrected chi connectivity index (χ4v) is 3.82. The molecule has 0 amide bonds. The minimum Gasteiger partial charge on any atom is -0.477 e. The largest absolute Gasteiger partial charge is 0.477 e. The summed E-state index contributed by atoms with van der Waals surface area (Å²) in [6, 6.07) is 1.67. The SMILES string of the molecule is Cc1ccn(Cc2nc3c(s2)CCCC3)c(=O)c1C(=O)O. The van der Waals surface area contributed by atoms with Crippen LogP contribution in [0.15, 0.2) is 17.1 Å². The maximum absolute atomic E-state index is 12.2. The summed E-state index contributed by atoms with van der Waals surface area (Å²) in [7, 11) is 0. The van der Waals surface area contributed by atoms with Crippen molar-refractivity contribution in [2.45, 2.75) is 39.2 Å². The number of nitrogens with zero attached hydrogens (tertiary/aromatic N) is 2. The smallest absolute Gasteiger partial charge is 0.341 e. The lowest BCUT2D eigenvalue weighted by Gasteiger charge is -2.07. The minimum atomic E-state index is -1.18. The topological polar surface area (TPSA) is 72.2 Å². The molecule has 2 aromatic rings. The molecular formula is C15H16N2O3S. The summed E-state index contributed by atoms with van der Waals surface area (Å²) in [4.78, 5) is 29.3. The van der Waals surface area contributed by atoms with Crippen molar-refractivity contribution in [3.63, 3.8) is 0 Å². The molecule has 5 nitrogen and oxygen atoms in total. The highest BCUT2D eigenvalue weighted by atomic mass is 32.1. The van der Waals surface area contributed by atoms with Crippen LogP contribution in [0.2, 0.25) is 0 Å². The molecule has 0 saturated heterocycles. The minimum absolute atomic E-state index is 0.154. The van der Waals surface area contributed by atoms with Gasteiger partial charge in [-0.2, -0.15) is 0 Å². The molecule has 0 saturated carbocycles. The molecule has 6 heteroatoms. The molecule has 1 N–H and O–H groups in total. The summed E-state index contributed by atoms with van der Waals surface area (Å²) in [5, 5.41) is 10.0. The Morgan fingerprint density at radius 1 is 1.43 bits per heavy atom. The summed E-state index contributed by atoms with van der Waals surface area (Å²) in [6.45, 7) is 1.98. The van der Waals surface area contributed by atoms with Crippen molar-refractivity contribution in [2.24, 2.45) is 0 Å². The van der Waals surface area contributed by atoms with Crippen molar-refractivity contribution in [1.29, 1.82) is 0 Å². The summed E-state index contributed by atoms with van der Waals surface area (Å²) in [5.41, 5.74) is 1.02. The number of thiazole rings is 1. The van der Waals surface area contributed by atoms with Gasteiger partial charge in [0.1, 0.15) is 10.6 Å². The number of aryl methyl sites for hydroxylation is 3. The van der Waals surface area contributed by atoms with Gasteiger partial charge in [-0.15, -0.1) is 11.3 Å². The highest BCUT2D eigenvalue weighted by molar-refractivity contribution is 7.11. The Balaban J connectivity index is 1.95. The molecule has 0 atom stereocenters. The third-order valence-corrected chi connectivity index (χ3v) is 4.93. The first-order valence-corrected chi connectivity index (χ1v) is 7.78. The van der Waals surface area contributed by atoms with Gasteiger partial charge in [-0.3, -0.25) is 4.79 Å². The number of carboxylic acids is 1. The summed E-state index contributed by atoms with van der Waals surface area (Å²) >= 11 is 1.64. The maximum Gasteiger partial charge on any atom is 0.341 e. The lowest BCUT2D eigenvalue weighted by atomic mass is 10.0. The van der Waals surface area contributed by atoms with Crippen LogP contribution >= 0.6 is 11.3 Å². The molecule has 1 aliphatic rings. The van der Waals surface area contributed by atoms with Crippen molar-refractivity contribution in [3.8, 4) is 0 Å². The van der Waals surface area contributed by atoms with E-state index in [2.05, 4.69) is 4.98 Å². The molecule has 110 valence electrons. The molecule has 2 aromatic heterocycles. The van der Waals surface area contributed by atoms with E-state index in [1.807, 2.05) is 0 Å². The van der Waals surface area contributed by atoms with Crippen LogP contribution in [0.25, 0.3) is 0 Å². The van der Waals surface area contributed by atoms with Crippen molar-refractivity contribution < 1.29 is 9.90 Å². The van der Waals surface area contributed by atoms with Gasteiger partial charge in [0.2, 0.25) is 0 Å². The number of fused-ring (bicyclic) bond motifs is 1. The van der Waals surface area contributed by atoms with Crippen LogP contribution in [0, 0.1) is 6.92 Å². The average Bonchev–Trinajstić information content (AvgIpc) is 2.84. The Morgan fingerprint density at radius 2 is 2.19 bits per heavy atom. The van der Waals surface area contributed by atoms with E-state index in [1.165, 1.54) is 22.3 Å². The van der Waals surface area contributed by atoms with Gasteiger partial charge in [0.05, 0.1) is 12.2 Å². The zero-order valence-corrected chi connectivity index (χ0v) is 12.6. The van der Waals surface area contributed by atoms with Gasteiger partial charge in [0.15, 0.2) is 0 Å². The normalized spacial score (nSPS) is 14.0. The second kappa shape index (κ2) is 5.44. The number of rotatable bonds is 3. The Labute approximate surface area is 125 Å². The summed E-state index contributed by atoms with van der Waals surface area (Å²) in [6.07, 6.45) is 6.09. The number of pyridine rings is 1. The third kappa shape index (κ3) is 2.63. The number of hydrogen-bond donors (Lipinski definition) is 1. The molecule has 21 heavy (non-hydrogen) atoms. The Kier molecular flexibility index (Phi) is 3.63. The molecule has 0 spiro atoms. The van der Waals surface area contributed by atoms with Crippen LogP contribution < -0.4 is 5.56 Å². The standard InChI is InChI=1S/C15H16N2O3S/c1-9-6-7-17(14(18)13(9)15(19)20)8-12-16-10-4-2-3-5-11(10)21-12/h6-7H,2-5,8H2,1H3,(H,19,20). The highest BCUT2D eigenvalue weighted by Gasteiger charge is 2.18. The monoisotopic (exact) mass is 304 g/mol. The zero-order chi connectivity index (χ0) is 15.0. The lowest BCUT2D eigenvalue weighted by molar-refractivity contribution is 0.0693. The number of carboxylic acid groups (broad SMARTS) is 1. The molecule has 0 radical (unpaired) electrons. The number of carbonyl (C=O) groups is 1. The zero-order valence-electron chi connectivity index (χ0n) is 11.8. The van der Waals surface area contributed by atoms with E-state index in [9.17, 15) is 9.59 Å². The van der Waals surface area contributed by atoms with Crippen LogP contribution in [0.1, 0.15) is 44.3 Å². The van der Waals surface area contributed by atoms with Gasteiger partial charge in [0.25, 0.3) is 5.56 Å². The number of aromatic nitrogens is 2. The molecule has 2 heterocycles. The summed E-state index contributed by atoms with van der Waals surface area (Å²) < 4.78 is 1.43. The van der Waals surface area contributed by atoms with Crippen LogP contribution in [-0.2, 0) is 19.4 Å². The first kappa shape index (κ1) is 14.0. The number of hydrogen-bond acceptors (Lipinski definition) is 4. The van der Waals surface area contributed by atoms with Gasteiger partial charge in [-0.1, -0.05) is 0 Å². The van der Waals surface area contributed by atoms with Gasteiger partial charge in [-0.05, 0) is 44.2 Å². The fourth-order valence-electron chi connectivity index (χ4n) is 2.67. The van der Waals surface area contributed by atoms with Crippen molar-refractivity contribution >= 4 is 17.3 Å². The fraction of sp³-hybridized carbons (Fsp3) is 0.400. The van der Waals surface area contributed by atoms with Crippen LogP contribution in [0.3, 0.4) is 0 Å². The van der Waals surface area contributed by atoms with Crippen LogP contribution in [-0.4, -0.2) is 20.6 Å². The molecule has 3 rings (SSSR count). The van der Waals surface area contributed by atoms with Crippen molar-refractivity contribution in [3.05, 3.63) is 49.3 Å². The van der Waals surface area contributed by atoms with Crippen molar-refractivity contribution in [1.82, 2.24) is 9.55 Å². The van der Waals surface area contributed by atoms with Crippen LogP contribution in [0.5, 0.6) is 0 Å². The lowest BCUT2D eigenvalue weighted by Crippen LogP contribution is -2.27. The quantitative estimate of drug-likeness (QED) is 0.944. The predicted octanol–water partition coefficient (Wildman–Crippen LogP) is 2.24. The van der Waals surface area contributed by atoms with E-state index in [1.54, 1.807) is 30.5 Å². The maximum atomic E-state index is 12.2. The molecule has 0 fully saturated rings. The Hall–Kier alpha value is -1.95. The van der Waals surface area contributed by atoms with Gasteiger partial charge >= 0.3 is 5.97 Å². The third-order valence-electron chi connectivity index (χ3n) is 3.78. The van der Waals surface area contributed by atoms with E-state index < -0.39 is 11.5 Å². The molecule has 0 aliphatic heterocycles. The second-order valence-corrected chi connectivity index (χ2v) is 6.46. The van der Waals surface area contributed by atoms with E-state index in [4.69, 9.17) is 5.11 Å². The second-order valence-electron chi connectivity index (χ2n) is 5.30. The highest BCUT2D eigenvalue weighted by Crippen LogP contribution is 2.26. The predicted molar refractivity (Wildman–Crippen MR) is 80.3 cm³/mol. The molecule has 0 bridgehead atoms. The Bertz CT molecular complexity index is 737. The van der Waals surface area contributed by atoms with Gasteiger partial charge < -0.3 is 9.67 Å².